The summed E-state index contributed by atoms with van der Waals surface area (Å²) in [6.45, 7) is 0. The Hall–Kier alpha value is -0.760. The molecule has 1 aliphatic heterocycles. The number of carbonyl (C=O) groups is 1. The number of halogens is 1. The molecule has 1 saturated heterocycles. The van der Waals surface area contributed by atoms with E-state index in [9.17, 15) is 13.2 Å². The van der Waals surface area contributed by atoms with E-state index in [2.05, 4.69) is 0 Å². The smallest absolute Gasteiger partial charge is 0.244 e. The highest BCUT2D eigenvalue weighted by atomic mass is 35.5. The van der Waals surface area contributed by atoms with Crippen molar-refractivity contribution < 1.29 is 13.2 Å². The van der Waals surface area contributed by atoms with Gasteiger partial charge in [-0.05, 0) is 43.4 Å². The molecule has 1 aliphatic carbocycles. The first-order chi connectivity index (χ1) is 11.9. The van der Waals surface area contributed by atoms with Crippen LogP contribution in [-0.4, -0.2) is 60.2 Å². The molecular weight excluding hydrogens is 380 g/mol. The van der Waals surface area contributed by atoms with Crippen molar-refractivity contribution in [3.63, 3.8) is 0 Å². The number of aryl methyl sites for hydroxylation is 1. The Bertz CT molecular complexity index is 720. The van der Waals surface area contributed by atoms with Crippen molar-refractivity contribution >= 4 is 39.3 Å². The summed E-state index contributed by atoms with van der Waals surface area (Å²) >= 11 is 7.19. The Kier molecular flexibility index (Phi) is 5.98. The van der Waals surface area contributed by atoms with Gasteiger partial charge in [-0.2, -0.15) is 4.31 Å². The van der Waals surface area contributed by atoms with Gasteiger partial charge in [-0.3, -0.25) is 4.79 Å². The molecule has 0 radical (unpaired) electrons. The van der Waals surface area contributed by atoms with Crippen LogP contribution in [-0.2, 0) is 21.2 Å². The number of carbonyl (C=O) groups excluding carboxylic acids is 1. The van der Waals surface area contributed by atoms with Gasteiger partial charge >= 0.3 is 0 Å². The summed E-state index contributed by atoms with van der Waals surface area (Å²) in [6, 6.07) is 6.61. The summed E-state index contributed by atoms with van der Waals surface area (Å²) in [5.74, 6) is 1.34. The zero-order valence-corrected chi connectivity index (χ0v) is 16.6. The van der Waals surface area contributed by atoms with E-state index in [1.807, 2.05) is 12.1 Å². The lowest BCUT2D eigenvalue weighted by atomic mass is 10.1. The van der Waals surface area contributed by atoms with E-state index in [0.717, 1.165) is 31.2 Å². The van der Waals surface area contributed by atoms with Crippen molar-refractivity contribution in [2.75, 3.05) is 24.6 Å². The van der Waals surface area contributed by atoms with Gasteiger partial charge < -0.3 is 4.90 Å². The van der Waals surface area contributed by atoms with E-state index in [1.54, 1.807) is 24.1 Å². The van der Waals surface area contributed by atoms with Crippen LogP contribution >= 0.6 is 23.4 Å². The highest BCUT2D eigenvalue weighted by Crippen LogP contribution is 2.32. The molecule has 0 N–H and O–H groups in total. The molecule has 1 heterocycles. The standard InChI is InChI=1S/C17H23ClN2O3S2/c1-19(14-6-7-14)17(21)16-11-24-12-20(16)25(22,23)15-8-4-13(5-9-15)3-2-10-18/h4-5,8-9,14,16H,2-3,6-7,10-12H2,1H3. The maximum Gasteiger partial charge on any atom is 0.244 e. The van der Waals surface area contributed by atoms with E-state index in [0.29, 0.717) is 17.5 Å². The predicted octanol–water partition coefficient (Wildman–Crippen LogP) is 2.54. The molecule has 0 aromatic heterocycles. The highest BCUT2D eigenvalue weighted by Gasteiger charge is 2.43. The lowest BCUT2D eigenvalue weighted by molar-refractivity contribution is -0.133. The van der Waals surface area contributed by atoms with Crippen LogP contribution in [0.5, 0.6) is 0 Å². The number of thioether (sulfide) groups is 1. The summed E-state index contributed by atoms with van der Waals surface area (Å²) in [5, 5.41) is 0. The van der Waals surface area contributed by atoms with Crippen molar-refractivity contribution in [3.05, 3.63) is 29.8 Å². The van der Waals surface area contributed by atoms with E-state index in [1.165, 1.54) is 16.1 Å². The number of nitrogens with zero attached hydrogens (tertiary/aromatic N) is 2. The van der Waals surface area contributed by atoms with Gasteiger partial charge in [0.2, 0.25) is 15.9 Å². The maximum atomic E-state index is 13.0. The van der Waals surface area contributed by atoms with Crippen LogP contribution in [0, 0.1) is 0 Å². The van der Waals surface area contributed by atoms with E-state index < -0.39 is 16.1 Å². The molecule has 3 rings (SSSR count). The number of benzene rings is 1. The molecule has 1 unspecified atom stereocenters. The molecule has 25 heavy (non-hydrogen) atoms. The molecular formula is C17H23ClN2O3S2. The van der Waals surface area contributed by atoms with Crippen molar-refractivity contribution in [1.29, 1.82) is 0 Å². The number of rotatable bonds is 7. The predicted molar refractivity (Wildman–Crippen MR) is 101 cm³/mol. The average molecular weight is 403 g/mol. The summed E-state index contributed by atoms with van der Waals surface area (Å²) in [6.07, 6.45) is 3.72. The minimum atomic E-state index is -3.67. The second kappa shape index (κ2) is 7.86. The maximum absolute atomic E-state index is 13.0. The van der Waals surface area contributed by atoms with Crippen LogP contribution in [0.15, 0.2) is 29.2 Å². The molecule has 1 aromatic carbocycles. The first-order valence-corrected chi connectivity index (χ1v) is 11.6. The molecule has 2 aliphatic rings. The number of likely N-dealkylation sites (N-methyl/N-ethyl adjacent to an activating group) is 1. The normalized spacial score (nSPS) is 21.4. The third-order valence-electron chi connectivity index (χ3n) is 4.70. The fourth-order valence-electron chi connectivity index (χ4n) is 2.97. The van der Waals surface area contributed by atoms with E-state index in [-0.39, 0.29) is 16.8 Å². The van der Waals surface area contributed by atoms with E-state index >= 15 is 0 Å². The number of sulfonamides is 1. The number of hydrogen-bond acceptors (Lipinski definition) is 4. The number of hydrogen-bond donors (Lipinski definition) is 0. The second-order valence-corrected chi connectivity index (χ2v) is 9.79. The molecule has 2 fully saturated rings. The van der Waals surface area contributed by atoms with Crippen LogP contribution in [0.4, 0.5) is 0 Å². The lowest BCUT2D eigenvalue weighted by Crippen LogP contribution is -2.48. The van der Waals surface area contributed by atoms with Crippen molar-refractivity contribution in [2.24, 2.45) is 0 Å². The fourth-order valence-corrected chi connectivity index (χ4v) is 6.24. The fraction of sp³-hybridized carbons (Fsp3) is 0.588. The van der Waals surface area contributed by atoms with Gasteiger partial charge in [0.25, 0.3) is 0 Å². The Morgan fingerprint density at radius 1 is 1.32 bits per heavy atom. The Morgan fingerprint density at radius 2 is 2.00 bits per heavy atom. The third kappa shape index (κ3) is 4.15. The van der Waals surface area contributed by atoms with Crippen molar-refractivity contribution in [1.82, 2.24) is 9.21 Å². The number of amides is 1. The summed E-state index contributed by atoms with van der Waals surface area (Å²) in [7, 11) is -1.89. The van der Waals surface area contributed by atoms with Gasteiger partial charge in [-0.25, -0.2) is 8.42 Å². The SMILES string of the molecule is CN(C(=O)C1CSCN1S(=O)(=O)c1ccc(CCCCl)cc1)C1CC1. The Balaban J connectivity index is 1.77. The van der Waals surface area contributed by atoms with Crippen LogP contribution in [0.1, 0.15) is 24.8 Å². The van der Waals surface area contributed by atoms with Gasteiger partial charge in [-0.1, -0.05) is 12.1 Å². The molecule has 1 atom stereocenters. The first-order valence-electron chi connectivity index (χ1n) is 8.46. The summed E-state index contributed by atoms with van der Waals surface area (Å²) < 4.78 is 27.4. The van der Waals surface area contributed by atoms with Gasteiger partial charge in [0, 0.05) is 24.7 Å². The molecule has 0 bridgehead atoms. The minimum absolute atomic E-state index is 0.0881. The molecule has 1 saturated carbocycles. The van der Waals surface area contributed by atoms with Gasteiger partial charge in [0.15, 0.2) is 0 Å². The minimum Gasteiger partial charge on any atom is -0.341 e. The lowest BCUT2D eigenvalue weighted by Gasteiger charge is -2.26. The summed E-state index contributed by atoms with van der Waals surface area (Å²) in [5.41, 5.74) is 1.07. The third-order valence-corrected chi connectivity index (χ3v) is 8.01. The second-order valence-electron chi connectivity index (χ2n) is 6.52. The number of alkyl halides is 1. The van der Waals surface area contributed by atoms with Crippen molar-refractivity contribution in [3.8, 4) is 0 Å². The monoisotopic (exact) mass is 402 g/mol. The van der Waals surface area contributed by atoms with Crippen LogP contribution in [0.2, 0.25) is 0 Å². The Labute approximate surface area is 158 Å². The van der Waals surface area contributed by atoms with Crippen LogP contribution in [0.3, 0.4) is 0 Å². The first kappa shape index (κ1) is 19.0. The molecule has 0 spiro atoms. The van der Waals surface area contributed by atoms with Gasteiger partial charge in [-0.15, -0.1) is 23.4 Å². The highest BCUT2D eigenvalue weighted by molar-refractivity contribution is 8.00. The summed E-state index contributed by atoms with van der Waals surface area (Å²) in [4.78, 5) is 14.6. The quantitative estimate of drug-likeness (QED) is 0.657. The van der Waals surface area contributed by atoms with E-state index in [4.69, 9.17) is 11.6 Å². The zero-order valence-electron chi connectivity index (χ0n) is 14.2. The van der Waals surface area contributed by atoms with Crippen LogP contribution < -0.4 is 0 Å². The molecule has 5 nitrogen and oxygen atoms in total. The largest absolute Gasteiger partial charge is 0.341 e. The molecule has 8 heteroatoms. The molecule has 1 aromatic rings. The average Bonchev–Trinajstić information content (AvgIpc) is 3.34. The van der Waals surface area contributed by atoms with Gasteiger partial charge in [0.05, 0.1) is 10.8 Å². The van der Waals surface area contributed by atoms with Crippen molar-refractivity contribution in [2.45, 2.75) is 42.7 Å². The topological polar surface area (TPSA) is 57.7 Å². The molecule has 138 valence electrons. The van der Waals surface area contributed by atoms with Gasteiger partial charge in [0.1, 0.15) is 6.04 Å². The molecule has 1 amide bonds. The Morgan fingerprint density at radius 3 is 2.60 bits per heavy atom. The van der Waals surface area contributed by atoms with Crippen LogP contribution in [0.25, 0.3) is 0 Å². The zero-order chi connectivity index (χ0) is 18.0.